The average Bonchev–Trinajstić information content (AvgIpc) is 3.97. The fourth-order valence-corrected chi connectivity index (χ4v) is 8.46. The molecule has 3 fully saturated rings. The Morgan fingerprint density at radius 2 is 1.94 bits per heavy atom. The van der Waals surface area contributed by atoms with E-state index in [1.54, 1.807) is 18.3 Å². The molecule has 244 valence electrons. The van der Waals surface area contributed by atoms with Gasteiger partial charge >= 0.3 is 6.61 Å². The molecule has 3 aliphatic carbocycles. The molecule has 1 unspecified atom stereocenters. The van der Waals surface area contributed by atoms with E-state index in [-0.39, 0.29) is 22.1 Å². The van der Waals surface area contributed by atoms with E-state index in [0.29, 0.717) is 16.8 Å². The molecule has 4 aliphatic rings. The van der Waals surface area contributed by atoms with Crippen LogP contribution in [0.1, 0.15) is 78.2 Å². The van der Waals surface area contributed by atoms with Crippen LogP contribution < -0.4 is 14.4 Å². The number of nitrogens with one attached hydrogen (secondary N) is 1. The summed E-state index contributed by atoms with van der Waals surface area (Å²) in [5.41, 5.74) is 6.57. The van der Waals surface area contributed by atoms with Gasteiger partial charge in [0.15, 0.2) is 0 Å². The number of rotatable bonds is 9. The largest absolute Gasteiger partial charge is 0.434 e. The molecule has 47 heavy (non-hydrogen) atoms. The summed E-state index contributed by atoms with van der Waals surface area (Å²) < 4.78 is 52.9. The van der Waals surface area contributed by atoms with Crippen LogP contribution in [0.2, 0.25) is 0 Å². The molecule has 4 aromatic rings. The van der Waals surface area contributed by atoms with Crippen LogP contribution in [-0.4, -0.2) is 56.1 Å². The maximum Gasteiger partial charge on any atom is 0.387 e. The van der Waals surface area contributed by atoms with E-state index in [2.05, 4.69) is 43.6 Å². The lowest BCUT2D eigenvalue weighted by molar-refractivity contribution is -0.0488. The van der Waals surface area contributed by atoms with Crippen molar-refractivity contribution in [2.75, 3.05) is 18.0 Å². The van der Waals surface area contributed by atoms with E-state index in [1.807, 2.05) is 18.3 Å². The number of hydrogen-bond acceptors (Lipinski definition) is 8. The molecule has 0 radical (unpaired) electrons. The van der Waals surface area contributed by atoms with Crippen molar-refractivity contribution < 1.29 is 27.0 Å². The summed E-state index contributed by atoms with van der Waals surface area (Å²) >= 11 is 0. The summed E-state index contributed by atoms with van der Waals surface area (Å²) in [6, 6.07) is 8.57. The fraction of sp³-hybridized carbons (Fsp3) is 0.400. The van der Waals surface area contributed by atoms with Gasteiger partial charge in [0.2, 0.25) is 0 Å². The summed E-state index contributed by atoms with van der Waals surface area (Å²) in [5.74, 6) is 4.21. The van der Waals surface area contributed by atoms with Gasteiger partial charge in [-0.25, -0.2) is 9.19 Å². The zero-order valence-electron chi connectivity index (χ0n) is 26.0. The minimum atomic E-state index is -3.09. The summed E-state index contributed by atoms with van der Waals surface area (Å²) in [4.78, 5) is 23.9. The van der Waals surface area contributed by atoms with Crippen molar-refractivity contribution in [1.82, 2.24) is 19.8 Å². The van der Waals surface area contributed by atoms with E-state index in [1.165, 1.54) is 11.6 Å². The van der Waals surface area contributed by atoms with Gasteiger partial charge in [0.1, 0.15) is 22.9 Å². The Labute approximate surface area is 271 Å². The molecule has 3 aromatic heterocycles. The fourth-order valence-electron chi connectivity index (χ4n) is 6.98. The molecule has 0 bridgehead atoms. The van der Waals surface area contributed by atoms with Gasteiger partial charge in [0.05, 0.1) is 15.2 Å². The van der Waals surface area contributed by atoms with Crippen molar-refractivity contribution in [3.63, 3.8) is 0 Å². The Morgan fingerprint density at radius 3 is 2.62 bits per heavy atom. The number of ether oxygens (including phenoxy) is 1. The smallest absolute Gasteiger partial charge is 0.387 e. The van der Waals surface area contributed by atoms with Crippen molar-refractivity contribution in [3.05, 3.63) is 71.4 Å². The quantitative estimate of drug-likeness (QED) is 0.199. The monoisotopic (exact) mass is 659 g/mol. The molecule has 1 atom stereocenters. The third-order valence-electron chi connectivity index (χ3n) is 9.96. The van der Waals surface area contributed by atoms with Gasteiger partial charge in [-0.2, -0.15) is 8.78 Å². The lowest BCUT2D eigenvalue weighted by Gasteiger charge is -2.47. The van der Waals surface area contributed by atoms with Gasteiger partial charge in [0.25, 0.3) is 5.91 Å². The molecular formula is C35H35F2N5O4S. The highest BCUT2D eigenvalue weighted by molar-refractivity contribution is 7.99. The number of carbonyl (C=O) groups is 1. The number of alkyl halides is 2. The van der Waals surface area contributed by atoms with Crippen LogP contribution >= 0.6 is 0 Å². The molecule has 1 amide bonds. The van der Waals surface area contributed by atoms with Gasteiger partial charge in [-0.1, -0.05) is 11.2 Å². The first kappa shape index (κ1) is 30.0. The summed E-state index contributed by atoms with van der Waals surface area (Å²) in [6.45, 7) is 0.561. The first-order chi connectivity index (χ1) is 22.6. The molecule has 4 heterocycles. The molecule has 12 heteroatoms. The number of anilines is 1. The maximum absolute atomic E-state index is 13.5. The predicted octanol–water partition coefficient (Wildman–Crippen LogP) is 6.67. The second kappa shape index (κ2) is 11.1. The zero-order valence-corrected chi connectivity index (χ0v) is 26.8. The van der Waals surface area contributed by atoms with Gasteiger partial charge in [0, 0.05) is 64.9 Å². The standard InChI is InChI=1S/C35H35F2N5O4S/c1-20-9-12-38-19-26(20)31-30(32(46-40-31)21-3-4-21)22-17-35(18-22)10-13-42(14-11-35)23-5-8-27-25(15-23)29(45-34(36)37)16-28(39-27)33(43)41-47(2,44)24-6-7-24/h5,8-9,12,15-17,19,21,24,34H,2-4,6-7,10-11,13-14,18H2,1H3,(H,41,43,44). The van der Waals surface area contributed by atoms with Gasteiger partial charge in [-0.05, 0) is 98.6 Å². The second-order valence-corrected chi connectivity index (χ2v) is 15.7. The number of fused-ring (bicyclic) bond motifs is 1. The minimum Gasteiger partial charge on any atom is -0.434 e. The number of amides is 1. The number of benzene rings is 1. The maximum atomic E-state index is 13.5. The molecule has 1 aliphatic heterocycles. The highest BCUT2D eigenvalue weighted by Gasteiger charge is 2.44. The topological polar surface area (TPSA) is 110 Å². The Morgan fingerprint density at radius 1 is 1.17 bits per heavy atom. The number of aromatic nitrogens is 3. The highest BCUT2D eigenvalue weighted by atomic mass is 32.2. The SMILES string of the molecule is C=S(=O)(NC(=O)c1cc(OC(F)F)c2cc(N3CCC4(C=C(c5c(-c6cnccc6C)noc5C5CC5)C4)CC3)ccc2n1)C1CC1. The van der Waals surface area contributed by atoms with Crippen LogP contribution in [0.5, 0.6) is 5.75 Å². The van der Waals surface area contributed by atoms with Crippen LogP contribution in [0, 0.1) is 12.3 Å². The predicted molar refractivity (Wildman–Crippen MR) is 177 cm³/mol. The molecule has 1 saturated heterocycles. The highest BCUT2D eigenvalue weighted by Crippen LogP contribution is 2.56. The Balaban J connectivity index is 1.02. The molecule has 2 saturated carbocycles. The van der Waals surface area contributed by atoms with E-state index in [0.717, 1.165) is 91.9 Å². The van der Waals surface area contributed by atoms with E-state index < -0.39 is 22.2 Å². The van der Waals surface area contributed by atoms with Crippen LogP contribution in [0.3, 0.4) is 0 Å². The molecule has 1 spiro atoms. The van der Waals surface area contributed by atoms with Crippen LogP contribution in [0.25, 0.3) is 27.7 Å². The van der Waals surface area contributed by atoms with Crippen molar-refractivity contribution in [3.8, 4) is 17.0 Å². The third-order valence-corrected chi connectivity index (χ3v) is 12.0. The van der Waals surface area contributed by atoms with Crippen LogP contribution in [-0.2, 0) is 9.71 Å². The van der Waals surface area contributed by atoms with E-state index in [4.69, 9.17) is 9.26 Å². The lowest BCUT2D eigenvalue weighted by Crippen LogP contribution is -2.42. The van der Waals surface area contributed by atoms with Gasteiger partial charge in [-0.15, -0.1) is 0 Å². The number of halogens is 2. The summed E-state index contributed by atoms with van der Waals surface area (Å²) in [5, 5.41) is 4.73. The summed E-state index contributed by atoms with van der Waals surface area (Å²) in [6.07, 6.45) is 12.6. The van der Waals surface area contributed by atoms with Crippen molar-refractivity contribution >= 4 is 43.6 Å². The minimum absolute atomic E-state index is 0.0865. The average molecular weight is 660 g/mol. The first-order valence-corrected chi connectivity index (χ1v) is 17.8. The summed E-state index contributed by atoms with van der Waals surface area (Å²) in [7, 11) is -2.84. The number of aryl methyl sites for hydroxylation is 1. The Bertz CT molecular complexity index is 2040. The number of hydrogen-bond donors (Lipinski definition) is 1. The van der Waals surface area contributed by atoms with Crippen LogP contribution in [0.15, 0.2) is 53.3 Å². The van der Waals surface area contributed by atoms with Crippen molar-refractivity contribution in [2.24, 2.45) is 5.41 Å². The zero-order chi connectivity index (χ0) is 32.5. The lowest BCUT2D eigenvalue weighted by atomic mass is 9.63. The van der Waals surface area contributed by atoms with Crippen molar-refractivity contribution in [1.29, 1.82) is 0 Å². The molecular weight excluding hydrogens is 624 g/mol. The molecule has 8 rings (SSSR count). The number of allylic oxidation sites excluding steroid dienone is 2. The normalized spacial score (nSPS) is 20.2. The molecule has 1 N–H and O–H groups in total. The number of carbonyl (C=O) groups excluding carboxylic acids is 1. The third kappa shape index (κ3) is 5.66. The number of nitrogens with zero attached hydrogens (tertiary/aromatic N) is 4. The Hall–Kier alpha value is -4.32. The first-order valence-electron chi connectivity index (χ1n) is 16.0. The van der Waals surface area contributed by atoms with Gasteiger partial charge < -0.3 is 14.2 Å². The molecule has 9 nitrogen and oxygen atoms in total. The van der Waals surface area contributed by atoms with E-state index in [9.17, 15) is 17.8 Å². The van der Waals surface area contributed by atoms with Crippen molar-refractivity contribution in [2.45, 2.75) is 69.6 Å². The molecule has 1 aromatic carbocycles. The van der Waals surface area contributed by atoms with E-state index >= 15 is 0 Å². The number of pyridine rings is 2. The second-order valence-electron chi connectivity index (χ2n) is 13.4. The Kier molecular flexibility index (Phi) is 7.12. The number of piperidine rings is 1. The van der Waals surface area contributed by atoms with Gasteiger partial charge in [-0.3, -0.25) is 14.5 Å². The van der Waals surface area contributed by atoms with Crippen LogP contribution in [0.4, 0.5) is 14.5 Å².